The zero-order valence-corrected chi connectivity index (χ0v) is 5.74. The first-order valence-corrected chi connectivity index (χ1v) is 2.64. The first kappa shape index (κ1) is 9.35. The number of esters is 1. The summed E-state index contributed by atoms with van der Waals surface area (Å²) in [6, 6.07) is 0. The minimum atomic E-state index is -2.99. The van der Waals surface area contributed by atoms with Crippen molar-refractivity contribution in [2.24, 2.45) is 5.92 Å². The minimum absolute atomic E-state index is 0.882. The summed E-state index contributed by atoms with van der Waals surface area (Å²) in [6.07, 6.45) is 0. The van der Waals surface area contributed by atoms with Crippen molar-refractivity contribution in [3.8, 4) is 0 Å². The van der Waals surface area contributed by atoms with Crippen LogP contribution in [0.25, 0.3) is 0 Å². The standard InChI is InChI=1S/C5H10O5/c1-3(4(6)10-2)5(7,8)9/h3,7-9H,1-2H3. The fraction of sp³-hybridized carbons (Fsp3) is 0.800. The Bertz CT molecular complexity index is 124. The second-order valence-corrected chi connectivity index (χ2v) is 1.93. The van der Waals surface area contributed by atoms with Gasteiger partial charge in [0.05, 0.1) is 7.11 Å². The Labute approximate surface area is 57.9 Å². The number of ether oxygens (including phenoxy) is 1. The predicted octanol–water partition coefficient (Wildman–Crippen LogP) is -1.57. The Balaban J connectivity index is 4.08. The average molecular weight is 150 g/mol. The average Bonchev–Trinajstić information content (AvgIpc) is 1.83. The van der Waals surface area contributed by atoms with E-state index in [0.29, 0.717) is 0 Å². The number of hydrogen-bond donors (Lipinski definition) is 3. The number of rotatable bonds is 2. The first-order chi connectivity index (χ1) is 4.39. The van der Waals surface area contributed by atoms with Crippen molar-refractivity contribution in [1.29, 1.82) is 0 Å². The summed E-state index contributed by atoms with van der Waals surface area (Å²) in [5.74, 6) is -5.24. The largest absolute Gasteiger partial charge is 0.469 e. The molecule has 0 aromatic heterocycles. The van der Waals surface area contributed by atoms with Crippen LogP contribution in [0.2, 0.25) is 0 Å². The Kier molecular flexibility index (Phi) is 2.77. The Morgan fingerprint density at radius 3 is 2.00 bits per heavy atom. The molecule has 0 aromatic carbocycles. The maximum Gasteiger partial charge on any atom is 0.316 e. The van der Waals surface area contributed by atoms with E-state index in [4.69, 9.17) is 15.3 Å². The lowest BCUT2D eigenvalue weighted by molar-refractivity contribution is -0.334. The van der Waals surface area contributed by atoms with Crippen LogP contribution >= 0.6 is 0 Å². The third-order valence-electron chi connectivity index (χ3n) is 1.14. The topological polar surface area (TPSA) is 87.0 Å². The van der Waals surface area contributed by atoms with Crippen LogP contribution in [0.4, 0.5) is 0 Å². The Hall–Kier alpha value is -0.650. The highest BCUT2D eigenvalue weighted by Gasteiger charge is 2.34. The van der Waals surface area contributed by atoms with Crippen molar-refractivity contribution in [3.63, 3.8) is 0 Å². The fourth-order valence-corrected chi connectivity index (χ4v) is 0.335. The molecule has 0 aliphatic rings. The van der Waals surface area contributed by atoms with Gasteiger partial charge in [-0.3, -0.25) is 4.79 Å². The van der Waals surface area contributed by atoms with Gasteiger partial charge in [-0.1, -0.05) is 0 Å². The van der Waals surface area contributed by atoms with Crippen molar-refractivity contribution in [1.82, 2.24) is 0 Å². The zero-order chi connectivity index (χ0) is 8.36. The molecule has 3 N–H and O–H groups in total. The van der Waals surface area contributed by atoms with Gasteiger partial charge in [0.25, 0.3) is 5.97 Å². The Morgan fingerprint density at radius 2 is 1.90 bits per heavy atom. The number of methoxy groups -OCH3 is 1. The van der Waals surface area contributed by atoms with Crippen molar-refractivity contribution in [2.75, 3.05) is 7.11 Å². The molecule has 1 atom stereocenters. The van der Waals surface area contributed by atoms with E-state index < -0.39 is 17.9 Å². The maximum absolute atomic E-state index is 10.5. The smallest absolute Gasteiger partial charge is 0.316 e. The van der Waals surface area contributed by atoms with Gasteiger partial charge in [-0.2, -0.15) is 0 Å². The molecule has 0 heterocycles. The van der Waals surface area contributed by atoms with E-state index >= 15 is 0 Å². The summed E-state index contributed by atoms with van der Waals surface area (Å²) in [5.41, 5.74) is 0. The van der Waals surface area contributed by atoms with Crippen LogP contribution in [0.1, 0.15) is 6.92 Å². The normalized spacial score (nSPS) is 14.5. The number of carbonyl (C=O) groups is 1. The van der Waals surface area contributed by atoms with E-state index in [1.807, 2.05) is 0 Å². The number of carbonyl (C=O) groups excluding carboxylic acids is 1. The van der Waals surface area contributed by atoms with Gasteiger partial charge in [0.15, 0.2) is 0 Å². The van der Waals surface area contributed by atoms with Gasteiger partial charge in [-0.15, -0.1) is 0 Å². The molecular formula is C5H10O5. The fourth-order valence-electron chi connectivity index (χ4n) is 0.335. The van der Waals surface area contributed by atoms with Gasteiger partial charge in [-0.25, -0.2) is 0 Å². The minimum Gasteiger partial charge on any atom is -0.469 e. The third-order valence-corrected chi connectivity index (χ3v) is 1.14. The molecule has 0 saturated carbocycles. The van der Waals surface area contributed by atoms with Crippen LogP contribution < -0.4 is 0 Å². The van der Waals surface area contributed by atoms with Crippen LogP contribution in [0.15, 0.2) is 0 Å². The predicted molar refractivity (Wildman–Crippen MR) is 30.6 cm³/mol. The summed E-state index contributed by atoms with van der Waals surface area (Å²) in [5, 5.41) is 25.2. The highest BCUT2D eigenvalue weighted by Crippen LogP contribution is 2.10. The number of hydrogen-bond acceptors (Lipinski definition) is 5. The highest BCUT2D eigenvalue weighted by molar-refractivity contribution is 5.72. The first-order valence-electron chi connectivity index (χ1n) is 2.64. The molecule has 5 nitrogen and oxygen atoms in total. The molecule has 0 rings (SSSR count). The van der Waals surface area contributed by atoms with Crippen LogP contribution in [0, 0.1) is 5.92 Å². The van der Waals surface area contributed by atoms with Gasteiger partial charge >= 0.3 is 5.97 Å². The SMILES string of the molecule is COC(=O)C(C)C(O)(O)O. The van der Waals surface area contributed by atoms with Gasteiger partial charge in [0.2, 0.25) is 0 Å². The third kappa shape index (κ3) is 2.30. The van der Waals surface area contributed by atoms with Crippen molar-refractivity contribution in [2.45, 2.75) is 12.9 Å². The van der Waals surface area contributed by atoms with Crippen LogP contribution in [-0.2, 0) is 9.53 Å². The molecule has 60 valence electrons. The summed E-state index contributed by atoms with van der Waals surface area (Å²) in [4.78, 5) is 10.5. The van der Waals surface area contributed by atoms with E-state index in [2.05, 4.69) is 4.74 Å². The summed E-state index contributed by atoms with van der Waals surface area (Å²) in [7, 11) is 1.09. The van der Waals surface area contributed by atoms with Crippen molar-refractivity contribution >= 4 is 5.97 Å². The van der Waals surface area contributed by atoms with Gasteiger partial charge in [0.1, 0.15) is 5.92 Å². The molecule has 0 bridgehead atoms. The number of aliphatic hydroxyl groups is 3. The Morgan fingerprint density at radius 1 is 1.50 bits per heavy atom. The lowest BCUT2D eigenvalue weighted by atomic mass is 10.1. The maximum atomic E-state index is 10.5. The summed E-state index contributed by atoms with van der Waals surface area (Å²) < 4.78 is 4.12. The molecule has 0 aliphatic heterocycles. The van der Waals surface area contributed by atoms with Crippen molar-refractivity contribution in [3.05, 3.63) is 0 Å². The molecule has 0 amide bonds. The summed E-state index contributed by atoms with van der Waals surface area (Å²) >= 11 is 0. The highest BCUT2D eigenvalue weighted by atomic mass is 16.7. The molecule has 0 aromatic rings. The van der Waals surface area contributed by atoms with E-state index in [0.717, 1.165) is 14.0 Å². The molecule has 10 heavy (non-hydrogen) atoms. The molecule has 5 heteroatoms. The van der Waals surface area contributed by atoms with E-state index in [9.17, 15) is 4.79 Å². The second-order valence-electron chi connectivity index (χ2n) is 1.93. The monoisotopic (exact) mass is 150 g/mol. The molecule has 0 fully saturated rings. The molecular weight excluding hydrogens is 140 g/mol. The molecule has 1 unspecified atom stereocenters. The van der Waals surface area contributed by atoms with Crippen LogP contribution in [0.3, 0.4) is 0 Å². The van der Waals surface area contributed by atoms with Crippen LogP contribution in [-0.4, -0.2) is 34.4 Å². The van der Waals surface area contributed by atoms with E-state index in [1.54, 1.807) is 0 Å². The van der Waals surface area contributed by atoms with E-state index in [1.165, 1.54) is 0 Å². The molecule has 0 aliphatic carbocycles. The zero-order valence-electron chi connectivity index (χ0n) is 5.74. The van der Waals surface area contributed by atoms with Crippen LogP contribution in [0.5, 0.6) is 0 Å². The van der Waals surface area contributed by atoms with Gasteiger partial charge in [0, 0.05) is 0 Å². The second kappa shape index (κ2) is 2.96. The lowest BCUT2D eigenvalue weighted by Crippen LogP contribution is -2.40. The van der Waals surface area contributed by atoms with Gasteiger partial charge < -0.3 is 20.1 Å². The van der Waals surface area contributed by atoms with E-state index in [-0.39, 0.29) is 0 Å². The lowest BCUT2D eigenvalue weighted by Gasteiger charge is -2.19. The quantitative estimate of drug-likeness (QED) is 0.327. The molecule has 0 spiro atoms. The molecule has 0 saturated heterocycles. The van der Waals surface area contributed by atoms with Crippen molar-refractivity contribution < 1.29 is 24.9 Å². The summed E-state index contributed by atoms with van der Waals surface area (Å²) in [6.45, 7) is 1.13. The van der Waals surface area contributed by atoms with Gasteiger partial charge in [-0.05, 0) is 6.92 Å². The molecule has 0 radical (unpaired) electrons.